The Balaban J connectivity index is 1.55. The second-order valence-corrected chi connectivity index (χ2v) is 6.12. The molecule has 0 amide bonds. The van der Waals surface area contributed by atoms with E-state index in [-0.39, 0.29) is 11.1 Å². The van der Waals surface area contributed by atoms with Crippen LogP contribution in [0.5, 0.6) is 11.5 Å². The highest BCUT2D eigenvalue weighted by molar-refractivity contribution is 5.74. The number of nitrogens with zero attached hydrogens (tertiary/aromatic N) is 5. The zero-order valence-electron chi connectivity index (χ0n) is 13.8. The van der Waals surface area contributed by atoms with E-state index < -0.39 is 0 Å². The molecule has 0 unspecified atom stereocenters. The fraction of sp³-hybridized carbons (Fsp3) is 0.222. The van der Waals surface area contributed by atoms with Crippen molar-refractivity contribution in [3.8, 4) is 11.5 Å². The number of rotatable bonds is 2. The Hall–Kier alpha value is -3.42. The van der Waals surface area contributed by atoms with Gasteiger partial charge < -0.3 is 14.0 Å². The first-order valence-electron chi connectivity index (χ1n) is 8.38. The largest absolute Gasteiger partial charge is 0.490 e. The van der Waals surface area contributed by atoms with Crippen LogP contribution in [-0.2, 0) is 6.54 Å². The third-order valence-corrected chi connectivity index (χ3v) is 4.39. The SMILES string of the molecule is O=c1c2nnc3ccnn3c2ccn1Cc1ccc2c(c1)OCCCO2. The molecule has 0 saturated carbocycles. The minimum Gasteiger partial charge on any atom is -0.490 e. The zero-order chi connectivity index (χ0) is 17.5. The lowest BCUT2D eigenvalue weighted by Crippen LogP contribution is -2.22. The number of hydrogen-bond acceptors (Lipinski definition) is 6. The fourth-order valence-electron chi connectivity index (χ4n) is 3.10. The summed E-state index contributed by atoms with van der Waals surface area (Å²) in [7, 11) is 0. The second kappa shape index (κ2) is 5.83. The average Bonchev–Trinajstić information content (AvgIpc) is 3.02. The smallest absolute Gasteiger partial charge is 0.280 e. The summed E-state index contributed by atoms with van der Waals surface area (Å²) >= 11 is 0. The van der Waals surface area contributed by atoms with Gasteiger partial charge in [-0.05, 0) is 23.8 Å². The van der Waals surface area contributed by atoms with E-state index in [0.29, 0.717) is 36.7 Å². The fourth-order valence-corrected chi connectivity index (χ4v) is 3.10. The molecule has 0 saturated heterocycles. The van der Waals surface area contributed by atoms with Gasteiger partial charge in [-0.15, -0.1) is 10.2 Å². The summed E-state index contributed by atoms with van der Waals surface area (Å²) < 4.78 is 14.6. The van der Waals surface area contributed by atoms with Gasteiger partial charge in [0.1, 0.15) is 5.52 Å². The van der Waals surface area contributed by atoms with Crippen molar-refractivity contribution >= 4 is 16.7 Å². The molecule has 0 N–H and O–H groups in total. The lowest BCUT2D eigenvalue weighted by Gasteiger charge is -2.11. The number of fused-ring (bicyclic) bond motifs is 4. The van der Waals surface area contributed by atoms with E-state index in [1.807, 2.05) is 24.3 Å². The summed E-state index contributed by atoms with van der Waals surface area (Å²) in [6.07, 6.45) is 4.23. The van der Waals surface area contributed by atoms with Crippen LogP contribution >= 0.6 is 0 Å². The summed E-state index contributed by atoms with van der Waals surface area (Å²) in [6.45, 7) is 1.68. The summed E-state index contributed by atoms with van der Waals surface area (Å²) in [4.78, 5) is 12.8. The highest BCUT2D eigenvalue weighted by Gasteiger charge is 2.13. The van der Waals surface area contributed by atoms with E-state index in [2.05, 4.69) is 15.3 Å². The van der Waals surface area contributed by atoms with Crippen LogP contribution in [0, 0.1) is 0 Å². The quantitative estimate of drug-likeness (QED) is 0.547. The lowest BCUT2D eigenvalue weighted by molar-refractivity contribution is 0.297. The van der Waals surface area contributed by atoms with Crippen molar-refractivity contribution in [1.82, 2.24) is 24.4 Å². The van der Waals surface area contributed by atoms with Crippen molar-refractivity contribution in [3.05, 3.63) is 58.6 Å². The third kappa shape index (κ3) is 2.38. The minimum atomic E-state index is -0.209. The molecule has 3 aromatic heterocycles. The van der Waals surface area contributed by atoms with Crippen LogP contribution in [0.3, 0.4) is 0 Å². The highest BCUT2D eigenvalue weighted by Crippen LogP contribution is 2.30. The van der Waals surface area contributed by atoms with Gasteiger partial charge >= 0.3 is 0 Å². The summed E-state index contributed by atoms with van der Waals surface area (Å²) in [5, 5.41) is 12.3. The molecule has 0 radical (unpaired) electrons. The van der Waals surface area contributed by atoms with Gasteiger partial charge in [-0.1, -0.05) is 6.07 Å². The number of aromatic nitrogens is 5. The lowest BCUT2D eigenvalue weighted by atomic mass is 10.2. The van der Waals surface area contributed by atoms with Crippen LogP contribution in [0.25, 0.3) is 16.7 Å². The molecule has 0 spiro atoms. The first-order valence-corrected chi connectivity index (χ1v) is 8.38. The maximum absolute atomic E-state index is 12.8. The predicted molar refractivity (Wildman–Crippen MR) is 93.7 cm³/mol. The Morgan fingerprint density at radius 1 is 1.04 bits per heavy atom. The van der Waals surface area contributed by atoms with E-state index in [1.54, 1.807) is 27.5 Å². The van der Waals surface area contributed by atoms with E-state index >= 15 is 0 Å². The second-order valence-electron chi connectivity index (χ2n) is 6.12. The van der Waals surface area contributed by atoms with Gasteiger partial charge in [-0.25, -0.2) is 4.52 Å². The number of hydrogen-bond donors (Lipinski definition) is 0. The molecule has 1 aliphatic rings. The topological polar surface area (TPSA) is 83.5 Å². The van der Waals surface area contributed by atoms with Gasteiger partial charge in [0, 0.05) is 18.7 Å². The predicted octanol–water partition coefficient (Wildman–Crippen LogP) is 1.65. The average molecular weight is 349 g/mol. The third-order valence-electron chi connectivity index (χ3n) is 4.39. The van der Waals surface area contributed by atoms with Crippen LogP contribution < -0.4 is 15.0 Å². The van der Waals surface area contributed by atoms with Crippen molar-refractivity contribution in [2.24, 2.45) is 0 Å². The molecule has 0 fully saturated rings. The first-order chi connectivity index (χ1) is 12.8. The van der Waals surface area contributed by atoms with Crippen LogP contribution in [0.15, 0.2) is 47.5 Å². The Kier molecular flexibility index (Phi) is 3.34. The van der Waals surface area contributed by atoms with Crippen LogP contribution in [-0.4, -0.2) is 37.6 Å². The summed E-state index contributed by atoms with van der Waals surface area (Å²) in [5.41, 5.74) is 2.28. The molecular formula is C18H15N5O3. The molecule has 4 heterocycles. The van der Waals surface area contributed by atoms with Crippen LogP contribution in [0.1, 0.15) is 12.0 Å². The number of ether oxygens (including phenoxy) is 2. The molecule has 8 heteroatoms. The molecule has 0 aliphatic carbocycles. The normalized spacial score (nSPS) is 13.8. The molecule has 5 rings (SSSR count). The van der Waals surface area contributed by atoms with Crippen molar-refractivity contribution < 1.29 is 9.47 Å². The molecule has 8 nitrogen and oxygen atoms in total. The van der Waals surface area contributed by atoms with Crippen molar-refractivity contribution in [1.29, 1.82) is 0 Å². The Bertz CT molecular complexity index is 1180. The van der Waals surface area contributed by atoms with Gasteiger partial charge in [-0.2, -0.15) is 5.10 Å². The highest BCUT2D eigenvalue weighted by atomic mass is 16.5. The van der Waals surface area contributed by atoms with Gasteiger partial charge in [-0.3, -0.25) is 4.79 Å². The zero-order valence-corrected chi connectivity index (χ0v) is 13.8. The number of pyridine rings is 1. The first kappa shape index (κ1) is 14.9. The van der Waals surface area contributed by atoms with Crippen LogP contribution in [0.2, 0.25) is 0 Å². The molecule has 130 valence electrons. The van der Waals surface area contributed by atoms with E-state index in [1.165, 1.54) is 0 Å². The maximum atomic E-state index is 12.8. The maximum Gasteiger partial charge on any atom is 0.280 e. The minimum absolute atomic E-state index is 0.209. The molecule has 1 aliphatic heterocycles. The molecule has 0 bridgehead atoms. The standard InChI is InChI=1S/C18H15N5O3/c24-18-17-13(23-16(20-21-17)4-6-19-23)5-7-22(18)11-12-2-3-14-15(10-12)26-9-1-8-25-14/h2-7,10H,1,8-9,11H2. The molecule has 1 aromatic carbocycles. The molecule has 0 atom stereocenters. The van der Waals surface area contributed by atoms with Gasteiger partial charge in [0.2, 0.25) is 0 Å². The van der Waals surface area contributed by atoms with Crippen molar-refractivity contribution in [3.63, 3.8) is 0 Å². The van der Waals surface area contributed by atoms with E-state index in [9.17, 15) is 4.79 Å². The molecular weight excluding hydrogens is 334 g/mol. The van der Waals surface area contributed by atoms with Gasteiger partial charge in [0.15, 0.2) is 22.7 Å². The van der Waals surface area contributed by atoms with Gasteiger partial charge in [0.25, 0.3) is 5.56 Å². The Morgan fingerprint density at radius 2 is 1.92 bits per heavy atom. The van der Waals surface area contributed by atoms with E-state index in [0.717, 1.165) is 17.7 Å². The summed E-state index contributed by atoms with van der Waals surface area (Å²) in [5.74, 6) is 1.45. The summed E-state index contributed by atoms with van der Waals surface area (Å²) in [6, 6.07) is 9.31. The van der Waals surface area contributed by atoms with Gasteiger partial charge in [0.05, 0.1) is 26.0 Å². The Morgan fingerprint density at radius 3 is 2.85 bits per heavy atom. The van der Waals surface area contributed by atoms with Crippen molar-refractivity contribution in [2.75, 3.05) is 13.2 Å². The number of benzene rings is 1. The molecule has 4 aromatic rings. The van der Waals surface area contributed by atoms with E-state index in [4.69, 9.17) is 9.47 Å². The van der Waals surface area contributed by atoms with Crippen molar-refractivity contribution in [2.45, 2.75) is 13.0 Å². The monoisotopic (exact) mass is 349 g/mol. The molecule has 26 heavy (non-hydrogen) atoms. The Labute approximate surface area is 147 Å². The van der Waals surface area contributed by atoms with Crippen LogP contribution in [0.4, 0.5) is 0 Å².